The standard InChI is InChI=1S/C38H30N4O5S/c1-46-28-18-12-24(13-19-28)35-36(25-14-20-29(47-2)21-15-25)48-38(40-35)41-37(43)33-30-7-3-4-9-32(30)39-34-26(6-5-8-31(33)34)22-23-10-16-27(17-11-23)42(44)45/h3-4,7,9-22H,5-6,8H2,1-2H3,(H,40,41,43)/b26-22-. The molecule has 4 aromatic carbocycles. The molecule has 6 aromatic rings. The molecule has 0 unspecified atom stereocenters. The number of non-ortho nitro benzene ring substituents is 1. The summed E-state index contributed by atoms with van der Waals surface area (Å²) in [4.78, 5) is 36.0. The van der Waals surface area contributed by atoms with Crippen LogP contribution in [-0.4, -0.2) is 35.0 Å². The molecule has 0 radical (unpaired) electrons. The number of rotatable bonds is 8. The zero-order valence-corrected chi connectivity index (χ0v) is 27.0. The van der Waals surface area contributed by atoms with Gasteiger partial charge in [-0.1, -0.05) is 29.5 Å². The van der Waals surface area contributed by atoms with Crippen LogP contribution in [0.1, 0.15) is 40.0 Å². The SMILES string of the molecule is COc1ccc(-c2nc(NC(=O)c3c4c(nc5ccccc35)/C(=C\c3ccc([N+](=O)[O-])cc3)CCC4)sc2-c2ccc(OC)cc2)cc1. The summed E-state index contributed by atoms with van der Waals surface area (Å²) in [5.41, 5.74) is 7.42. The van der Waals surface area contributed by atoms with Gasteiger partial charge in [0, 0.05) is 23.1 Å². The predicted molar refractivity (Wildman–Crippen MR) is 190 cm³/mol. The highest BCUT2D eigenvalue weighted by Gasteiger charge is 2.26. The van der Waals surface area contributed by atoms with Gasteiger partial charge in [-0.3, -0.25) is 20.2 Å². The van der Waals surface area contributed by atoms with Crippen LogP contribution in [0.25, 0.3) is 44.3 Å². The minimum atomic E-state index is -0.409. The van der Waals surface area contributed by atoms with E-state index >= 15 is 0 Å². The van der Waals surface area contributed by atoms with Crippen LogP contribution >= 0.6 is 11.3 Å². The second-order valence-electron chi connectivity index (χ2n) is 11.3. The number of benzene rings is 4. The Labute approximate surface area is 280 Å². The minimum absolute atomic E-state index is 0.0387. The molecule has 0 fully saturated rings. The van der Waals surface area contributed by atoms with Crippen LogP contribution in [0.4, 0.5) is 10.8 Å². The number of amides is 1. The average Bonchev–Trinajstić information content (AvgIpc) is 3.54. The van der Waals surface area contributed by atoms with Gasteiger partial charge in [0.15, 0.2) is 5.13 Å². The fourth-order valence-electron chi connectivity index (χ4n) is 6.04. The number of allylic oxidation sites excluding steroid dienone is 1. The van der Waals surface area contributed by atoms with Gasteiger partial charge < -0.3 is 9.47 Å². The Morgan fingerprint density at radius 3 is 2.17 bits per heavy atom. The number of pyridine rings is 1. The summed E-state index contributed by atoms with van der Waals surface area (Å²) in [6.45, 7) is 0. The molecule has 0 aliphatic heterocycles. The molecule has 0 saturated heterocycles. The summed E-state index contributed by atoms with van der Waals surface area (Å²) in [6.07, 6.45) is 4.32. The Hall–Kier alpha value is -5.87. The summed E-state index contributed by atoms with van der Waals surface area (Å²) < 4.78 is 10.7. The van der Waals surface area contributed by atoms with Crippen molar-refractivity contribution in [1.29, 1.82) is 0 Å². The Balaban J connectivity index is 1.30. The van der Waals surface area contributed by atoms with E-state index in [1.807, 2.05) is 78.9 Å². The maximum Gasteiger partial charge on any atom is 0.269 e. The second kappa shape index (κ2) is 13.1. The minimum Gasteiger partial charge on any atom is -0.497 e. The first-order chi connectivity index (χ1) is 23.4. The number of nitrogens with zero attached hydrogens (tertiary/aromatic N) is 3. The number of anilines is 1. The summed E-state index contributed by atoms with van der Waals surface area (Å²) in [5, 5.41) is 15.5. The van der Waals surface area contributed by atoms with E-state index in [0.29, 0.717) is 17.1 Å². The van der Waals surface area contributed by atoms with Gasteiger partial charge in [-0.2, -0.15) is 0 Å². The number of fused-ring (bicyclic) bond motifs is 2. The first kappa shape index (κ1) is 30.8. The highest BCUT2D eigenvalue weighted by atomic mass is 32.1. The average molecular weight is 655 g/mol. The van der Waals surface area contributed by atoms with E-state index in [1.54, 1.807) is 26.4 Å². The third-order valence-electron chi connectivity index (χ3n) is 8.41. The van der Waals surface area contributed by atoms with E-state index < -0.39 is 4.92 Å². The summed E-state index contributed by atoms with van der Waals surface area (Å²) in [5.74, 6) is 1.24. The maximum absolute atomic E-state index is 14.3. The van der Waals surface area contributed by atoms with Gasteiger partial charge in [-0.15, -0.1) is 0 Å². The van der Waals surface area contributed by atoms with Gasteiger partial charge in [-0.05, 0) is 114 Å². The number of thiazole rings is 1. The lowest BCUT2D eigenvalue weighted by molar-refractivity contribution is -0.384. The maximum atomic E-state index is 14.3. The van der Waals surface area contributed by atoms with Crippen molar-refractivity contribution in [2.75, 3.05) is 19.5 Å². The zero-order chi connectivity index (χ0) is 33.2. The molecule has 1 aliphatic rings. The Kier molecular flexibility index (Phi) is 8.39. The Morgan fingerprint density at radius 2 is 1.50 bits per heavy atom. The van der Waals surface area contributed by atoms with E-state index in [0.717, 1.165) is 79.3 Å². The number of nitrogens with one attached hydrogen (secondary N) is 1. The van der Waals surface area contributed by atoms with Crippen molar-refractivity contribution in [3.8, 4) is 33.2 Å². The largest absolute Gasteiger partial charge is 0.497 e. The number of nitro groups is 1. The predicted octanol–water partition coefficient (Wildman–Crippen LogP) is 9.08. The van der Waals surface area contributed by atoms with E-state index in [4.69, 9.17) is 19.4 Å². The number of carbonyl (C=O) groups is 1. The quantitative estimate of drug-likeness (QED) is 0.129. The van der Waals surface area contributed by atoms with Crippen LogP contribution in [0, 0.1) is 10.1 Å². The van der Waals surface area contributed by atoms with Crippen LogP contribution in [0.2, 0.25) is 0 Å². The fraction of sp³-hybridized carbons (Fsp3) is 0.132. The molecular weight excluding hydrogens is 625 g/mol. The molecule has 7 rings (SSSR count). The number of carbonyl (C=O) groups excluding carboxylic acids is 1. The first-order valence-electron chi connectivity index (χ1n) is 15.4. The van der Waals surface area contributed by atoms with Crippen LogP contribution < -0.4 is 14.8 Å². The molecule has 2 aromatic heterocycles. The summed E-state index contributed by atoms with van der Waals surface area (Å²) in [7, 11) is 3.26. The molecule has 0 spiro atoms. The lowest BCUT2D eigenvalue weighted by Crippen LogP contribution is -2.18. The topological polar surface area (TPSA) is 116 Å². The van der Waals surface area contributed by atoms with E-state index in [1.165, 1.54) is 23.5 Å². The van der Waals surface area contributed by atoms with Gasteiger partial charge in [0.2, 0.25) is 0 Å². The van der Waals surface area contributed by atoms with E-state index in [2.05, 4.69) is 5.32 Å². The van der Waals surface area contributed by atoms with Gasteiger partial charge >= 0.3 is 0 Å². The number of nitro benzene ring substituents is 1. The second-order valence-corrected chi connectivity index (χ2v) is 12.3. The number of ether oxygens (including phenoxy) is 2. The fourth-order valence-corrected chi connectivity index (χ4v) is 7.03. The van der Waals surface area contributed by atoms with Crippen LogP contribution in [-0.2, 0) is 6.42 Å². The third-order valence-corrected chi connectivity index (χ3v) is 9.43. The molecule has 238 valence electrons. The van der Waals surface area contributed by atoms with E-state index in [-0.39, 0.29) is 11.6 Å². The molecule has 9 nitrogen and oxygen atoms in total. The van der Waals surface area contributed by atoms with Crippen LogP contribution in [0.3, 0.4) is 0 Å². The van der Waals surface area contributed by atoms with Crippen LogP contribution in [0.15, 0.2) is 97.1 Å². The van der Waals surface area contributed by atoms with Crippen molar-refractivity contribution in [1.82, 2.24) is 9.97 Å². The highest BCUT2D eigenvalue weighted by Crippen LogP contribution is 2.41. The molecule has 48 heavy (non-hydrogen) atoms. The van der Waals surface area contributed by atoms with Crippen molar-refractivity contribution >= 4 is 50.6 Å². The van der Waals surface area contributed by atoms with Crippen molar-refractivity contribution < 1.29 is 19.2 Å². The highest BCUT2D eigenvalue weighted by molar-refractivity contribution is 7.19. The number of para-hydroxylation sites is 1. The molecular formula is C38H30N4O5S. The van der Waals surface area contributed by atoms with Crippen LogP contribution in [0.5, 0.6) is 11.5 Å². The van der Waals surface area contributed by atoms with Gasteiger partial charge in [0.05, 0.1) is 46.5 Å². The molecule has 2 heterocycles. The molecule has 10 heteroatoms. The molecule has 0 bridgehead atoms. The third kappa shape index (κ3) is 6.01. The number of hydrogen-bond acceptors (Lipinski definition) is 8. The van der Waals surface area contributed by atoms with Gasteiger partial charge in [0.25, 0.3) is 11.6 Å². The van der Waals surface area contributed by atoms with Crippen molar-refractivity contribution in [2.24, 2.45) is 0 Å². The van der Waals surface area contributed by atoms with E-state index in [9.17, 15) is 14.9 Å². The molecule has 1 amide bonds. The first-order valence-corrected chi connectivity index (χ1v) is 16.2. The number of hydrogen-bond donors (Lipinski definition) is 1. The number of methoxy groups -OCH3 is 2. The van der Waals surface area contributed by atoms with Crippen molar-refractivity contribution in [2.45, 2.75) is 19.3 Å². The lowest BCUT2D eigenvalue weighted by atomic mass is 9.85. The number of aromatic nitrogens is 2. The molecule has 0 atom stereocenters. The van der Waals surface area contributed by atoms with Crippen molar-refractivity contribution in [3.63, 3.8) is 0 Å². The van der Waals surface area contributed by atoms with Crippen molar-refractivity contribution in [3.05, 3.63) is 130 Å². The van der Waals surface area contributed by atoms with Gasteiger partial charge in [-0.25, -0.2) is 9.97 Å². The Morgan fingerprint density at radius 1 is 0.833 bits per heavy atom. The lowest BCUT2D eigenvalue weighted by Gasteiger charge is -2.22. The normalized spacial score (nSPS) is 13.2. The Bertz CT molecular complexity index is 2130. The zero-order valence-electron chi connectivity index (χ0n) is 26.2. The molecule has 1 aliphatic carbocycles. The smallest absolute Gasteiger partial charge is 0.269 e. The summed E-state index contributed by atoms with van der Waals surface area (Å²) >= 11 is 1.41. The monoisotopic (exact) mass is 654 g/mol. The van der Waals surface area contributed by atoms with Gasteiger partial charge in [0.1, 0.15) is 11.5 Å². The molecule has 0 saturated carbocycles. The summed E-state index contributed by atoms with van der Waals surface area (Å²) in [6, 6.07) is 29.6. The molecule has 1 N–H and O–H groups in total.